The minimum atomic E-state index is -1.25. The summed E-state index contributed by atoms with van der Waals surface area (Å²) in [6.45, 7) is 4.77. The standard InChI is InChI=1S/C23H43P/c1-3-20(2)19-24(21-13-7-4-8-14-21,22-15-9-5-10-16-22)23-17-11-6-12-18-23/h3,21-24H,4-19H2,1-2H3. The molecule has 3 rings (SSSR count). The van der Waals surface area contributed by atoms with Crippen LogP contribution in [0.25, 0.3) is 0 Å². The molecule has 0 N–H and O–H groups in total. The third kappa shape index (κ3) is 4.11. The molecule has 140 valence electrons. The van der Waals surface area contributed by atoms with Crippen LogP contribution in [-0.2, 0) is 0 Å². The van der Waals surface area contributed by atoms with E-state index >= 15 is 0 Å². The van der Waals surface area contributed by atoms with Crippen LogP contribution in [0.3, 0.4) is 0 Å². The average molecular weight is 351 g/mol. The topological polar surface area (TPSA) is 0 Å². The molecule has 0 atom stereocenters. The van der Waals surface area contributed by atoms with Gasteiger partial charge >= 0.3 is 152 Å². The summed E-state index contributed by atoms with van der Waals surface area (Å²) >= 11 is 0. The Balaban J connectivity index is 1.95. The first-order valence-electron chi connectivity index (χ1n) is 11.4. The number of allylic oxidation sites excluding steroid dienone is 2. The van der Waals surface area contributed by atoms with Crippen LogP contribution < -0.4 is 0 Å². The van der Waals surface area contributed by atoms with E-state index in [2.05, 4.69) is 19.9 Å². The SMILES string of the molecule is CC=C(C)C[PH](C1CCCCC1)(C1CCCCC1)C1CCCCC1. The molecule has 0 nitrogen and oxygen atoms in total. The fourth-order valence-electron chi connectivity index (χ4n) is 6.94. The van der Waals surface area contributed by atoms with E-state index in [-0.39, 0.29) is 0 Å². The Kier molecular flexibility index (Phi) is 7.27. The maximum absolute atomic E-state index is 2.47. The molecule has 3 aliphatic carbocycles. The van der Waals surface area contributed by atoms with E-state index in [1.54, 1.807) is 88.8 Å². The summed E-state index contributed by atoms with van der Waals surface area (Å²) in [6, 6.07) is 0. The maximum atomic E-state index is 2.47. The van der Waals surface area contributed by atoms with Crippen LogP contribution >= 0.6 is 7.26 Å². The van der Waals surface area contributed by atoms with Crippen LogP contribution in [0.2, 0.25) is 0 Å². The zero-order valence-electron chi connectivity index (χ0n) is 16.6. The Hall–Kier alpha value is 0.170. The molecule has 24 heavy (non-hydrogen) atoms. The summed E-state index contributed by atoms with van der Waals surface area (Å²) in [5.74, 6) is 0. The van der Waals surface area contributed by atoms with Crippen molar-refractivity contribution in [3.63, 3.8) is 0 Å². The van der Waals surface area contributed by atoms with Crippen molar-refractivity contribution < 1.29 is 0 Å². The van der Waals surface area contributed by atoms with E-state index in [0.717, 1.165) is 0 Å². The Labute approximate surface area is 152 Å². The van der Waals surface area contributed by atoms with Gasteiger partial charge in [0, 0.05) is 0 Å². The van der Waals surface area contributed by atoms with Gasteiger partial charge in [0.25, 0.3) is 0 Å². The molecule has 0 amide bonds. The van der Waals surface area contributed by atoms with E-state index in [9.17, 15) is 0 Å². The Morgan fingerprint density at radius 1 is 0.667 bits per heavy atom. The first-order chi connectivity index (χ1) is 11.8. The van der Waals surface area contributed by atoms with Gasteiger partial charge in [0.1, 0.15) is 0 Å². The molecule has 0 bridgehead atoms. The quantitative estimate of drug-likeness (QED) is 0.352. The van der Waals surface area contributed by atoms with Gasteiger partial charge in [-0.15, -0.1) is 0 Å². The number of rotatable bonds is 5. The number of hydrogen-bond donors (Lipinski definition) is 0. The van der Waals surface area contributed by atoms with Crippen molar-refractivity contribution in [3.05, 3.63) is 11.6 Å². The van der Waals surface area contributed by atoms with Gasteiger partial charge in [0.15, 0.2) is 0 Å². The van der Waals surface area contributed by atoms with Gasteiger partial charge in [-0.05, 0) is 0 Å². The summed E-state index contributed by atoms with van der Waals surface area (Å²) in [7, 11) is -1.25. The summed E-state index contributed by atoms with van der Waals surface area (Å²) in [5, 5.41) is 0. The molecule has 0 aromatic carbocycles. The van der Waals surface area contributed by atoms with Crippen molar-refractivity contribution in [1.82, 2.24) is 0 Å². The van der Waals surface area contributed by atoms with Gasteiger partial charge in [-0.1, -0.05) is 0 Å². The molecule has 0 aromatic heterocycles. The van der Waals surface area contributed by atoms with Crippen LogP contribution in [-0.4, -0.2) is 23.1 Å². The molecule has 0 unspecified atom stereocenters. The van der Waals surface area contributed by atoms with Crippen molar-refractivity contribution in [2.75, 3.05) is 6.16 Å². The molecule has 0 spiro atoms. The van der Waals surface area contributed by atoms with E-state index in [4.69, 9.17) is 0 Å². The van der Waals surface area contributed by atoms with Crippen LogP contribution in [0.15, 0.2) is 11.6 Å². The fourth-order valence-corrected chi connectivity index (χ4v) is 15.4. The van der Waals surface area contributed by atoms with Gasteiger partial charge in [-0.3, -0.25) is 0 Å². The third-order valence-corrected chi connectivity index (χ3v) is 15.6. The van der Waals surface area contributed by atoms with Gasteiger partial charge < -0.3 is 0 Å². The normalized spacial score (nSPS) is 27.3. The van der Waals surface area contributed by atoms with Gasteiger partial charge in [0.2, 0.25) is 0 Å². The Morgan fingerprint density at radius 3 is 1.29 bits per heavy atom. The molecule has 3 fully saturated rings. The second-order valence-corrected chi connectivity index (χ2v) is 14.5. The van der Waals surface area contributed by atoms with Crippen molar-refractivity contribution >= 4 is 7.26 Å². The van der Waals surface area contributed by atoms with Crippen LogP contribution in [0, 0.1) is 0 Å². The van der Waals surface area contributed by atoms with Crippen LogP contribution in [0.4, 0.5) is 0 Å². The third-order valence-electron chi connectivity index (χ3n) is 8.17. The minimum absolute atomic E-state index is 1.17. The molecule has 3 saturated carbocycles. The Bertz CT molecular complexity index is 347. The second kappa shape index (κ2) is 9.21. The van der Waals surface area contributed by atoms with Crippen LogP contribution in [0.5, 0.6) is 0 Å². The van der Waals surface area contributed by atoms with Crippen molar-refractivity contribution in [1.29, 1.82) is 0 Å². The van der Waals surface area contributed by atoms with E-state index < -0.39 is 7.26 Å². The van der Waals surface area contributed by atoms with Crippen LogP contribution in [0.1, 0.15) is 110 Å². The van der Waals surface area contributed by atoms with Crippen molar-refractivity contribution in [2.24, 2.45) is 0 Å². The molecule has 0 saturated heterocycles. The van der Waals surface area contributed by atoms with Crippen molar-refractivity contribution in [3.8, 4) is 0 Å². The first-order valence-corrected chi connectivity index (χ1v) is 13.8. The molecule has 0 aliphatic heterocycles. The summed E-state index contributed by atoms with van der Waals surface area (Å²) in [4.78, 5) is 0. The Morgan fingerprint density at radius 2 is 1.00 bits per heavy atom. The monoisotopic (exact) mass is 350 g/mol. The van der Waals surface area contributed by atoms with E-state index in [0.29, 0.717) is 0 Å². The fraction of sp³-hybridized carbons (Fsp3) is 0.913. The van der Waals surface area contributed by atoms with Gasteiger partial charge in [-0.2, -0.15) is 0 Å². The van der Waals surface area contributed by atoms with E-state index in [1.165, 1.54) is 36.2 Å². The molecular formula is C23H43P. The molecule has 0 aromatic rings. The number of hydrogen-bond acceptors (Lipinski definition) is 0. The van der Waals surface area contributed by atoms with Gasteiger partial charge in [-0.25, -0.2) is 0 Å². The summed E-state index contributed by atoms with van der Waals surface area (Å²) in [5.41, 5.74) is 5.27. The predicted molar refractivity (Wildman–Crippen MR) is 113 cm³/mol. The second-order valence-electron chi connectivity index (χ2n) is 9.43. The summed E-state index contributed by atoms with van der Waals surface area (Å²) in [6.07, 6.45) is 27.6. The molecule has 0 radical (unpaired) electrons. The molecular weight excluding hydrogens is 307 g/mol. The van der Waals surface area contributed by atoms with E-state index in [1.807, 2.05) is 0 Å². The first kappa shape index (κ1) is 18.9. The molecule has 3 aliphatic rings. The van der Waals surface area contributed by atoms with Crippen molar-refractivity contribution in [2.45, 2.75) is 127 Å². The molecule has 1 heteroatoms. The summed E-state index contributed by atoms with van der Waals surface area (Å²) < 4.78 is 0. The average Bonchev–Trinajstić information content (AvgIpc) is 2.68. The zero-order chi connectivity index (χ0) is 16.8. The predicted octanol–water partition coefficient (Wildman–Crippen LogP) is 7.70. The van der Waals surface area contributed by atoms with Gasteiger partial charge in [0.05, 0.1) is 0 Å². The zero-order valence-corrected chi connectivity index (χ0v) is 17.6. The molecule has 0 heterocycles.